The van der Waals surface area contributed by atoms with Crippen LogP contribution >= 0.6 is 11.6 Å². The first-order valence-electron chi connectivity index (χ1n) is 5.88. The number of aryl methyl sites for hydroxylation is 3. The van der Waals surface area contributed by atoms with Crippen LogP contribution in [0.5, 0.6) is 0 Å². The molecule has 0 saturated carbocycles. The average molecular weight is 265 g/mol. The standard InChI is InChI=1S/C13H17ClN4/c1-4-10-11(15)13(18(3)17-10)16-12-8(2)6-5-7-9(12)14/h5-7,16H,4,15H2,1-3H3. The van der Waals surface area contributed by atoms with Gasteiger partial charge in [-0.3, -0.25) is 4.68 Å². The van der Waals surface area contributed by atoms with Crippen LogP contribution in [0.25, 0.3) is 0 Å². The fraction of sp³-hybridized carbons (Fsp3) is 0.308. The molecule has 0 saturated heterocycles. The van der Waals surface area contributed by atoms with Crippen LogP contribution < -0.4 is 11.1 Å². The van der Waals surface area contributed by atoms with Crippen molar-refractivity contribution in [3.63, 3.8) is 0 Å². The third-order valence-electron chi connectivity index (χ3n) is 2.96. The Bertz CT molecular complexity index is 554. The summed E-state index contributed by atoms with van der Waals surface area (Å²) in [5, 5.41) is 8.32. The van der Waals surface area contributed by atoms with E-state index in [1.807, 2.05) is 39.1 Å². The van der Waals surface area contributed by atoms with Crippen molar-refractivity contribution < 1.29 is 0 Å². The highest BCUT2D eigenvalue weighted by molar-refractivity contribution is 6.33. The molecule has 96 valence electrons. The number of hydrogen-bond donors (Lipinski definition) is 2. The molecule has 4 nitrogen and oxygen atoms in total. The van der Waals surface area contributed by atoms with Gasteiger partial charge in [0.25, 0.3) is 0 Å². The molecule has 18 heavy (non-hydrogen) atoms. The molecule has 0 atom stereocenters. The van der Waals surface area contributed by atoms with Crippen LogP contribution in [0.3, 0.4) is 0 Å². The smallest absolute Gasteiger partial charge is 0.152 e. The number of nitrogens with zero attached hydrogens (tertiary/aromatic N) is 2. The molecule has 0 spiro atoms. The van der Waals surface area contributed by atoms with E-state index in [2.05, 4.69) is 10.4 Å². The largest absolute Gasteiger partial charge is 0.394 e. The van der Waals surface area contributed by atoms with E-state index in [4.69, 9.17) is 17.3 Å². The van der Waals surface area contributed by atoms with E-state index in [0.29, 0.717) is 10.7 Å². The van der Waals surface area contributed by atoms with Crippen molar-refractivity contribution in [1.82, 2.24) is 9.78 Å². The van der Waals surface area contributed by atoms with Gasteiger partial charge in [-0.25, -0.2) is 0 Å². The molecule has 3 N–H and O–H groups in total. The van der Waals surface area contributed by atoms with Crippen molar-refractivity contribution in [2.75, 3.05) is 11.1 Å². The lowest BCUT2D eigenvalue weighted by atomic mass is 10.2. The summed E-state index contributed by atoms with van der Waals surface area (Å²) in [6, 6.07) is 5.78. The van der Waals surface area contributed by atoms with E-state index in [9.17, 15) is 0 Å². The molecule has 0 unspecified atom stereocenters. The van der Waals surface area contributed by atoms with Crippen LogP contribution in [-0.2, 0) is 13.5 Å². The van der Waals surface area contributed by atoms with Crippen LogP contribution in [0.1, 0.15) is 18.2 Å². The molecule has 1 aromatic carbocycles. The highest BCUT2D eigenvalue weighted by Crippen LogP contribution is 2.32. The predicted octanol–water partition coefficient (Wildman–Crippen LogP) is 3.27. The van der Waals surface area contributed by atoms with Gasteiger partial charge >= 0.3 is 0 Å². The van der Waals surface area contributed by atoms with Crippen LogP contribution in [0.15, 0.2) is 18.2 Å². The van der Waals surface area contributed by atoms with E-state index < -0.39 is 0 Å². The normalized spacial score (nSPS) is 10.7. The number of para-hydroxylation sites is 1. The lowest BCUT2D eigenvalue weighted by Gasteiger charge is -2.12. The number of aromatic nitrogens is 2. The number of nitrogen functional groups attached to an aromatic ring is 1. The molecule has 5 heteroatoms. The number of halogens is 1. The van der Waals surface area contributed by atoms with Crippen LogP contribution in [-0.4, -0.2) is 9.78 Å². The minimum Gasteiger partial charge on any atom is -0.394 e. The second-order valence-electron chi connectivity index (χ2n) is 4.24. The molecule has 0 aliphatic carbocycles. The van der Waals surface area contributed by atoms with Crippen LogP contribution in [0.2, 0.25) is 5.02 Å². The van der Waals surface area contributed by atoms with E-state index in [1.54, 1.807) is 4.68 Å². The number of rotatable bonds is 3. The number of hydrogen-bond acceptors (Lipinski definition) is 3. The molecule has 0 fully saturated rings. The van der Waals surface area contributed by atoms with Crippen molar-refractivity contribution in [2.45, 2.75) is 20.3 Å². The highest BCUT2D eigenvalue weighted by atomic mass is 35.5. The maximum atomic E-state index is 6.19. The Morgan fingerprint density at radius 2 is 2.17 bits per heavy atom. The first kappa shape index (κ1) is 12.8. The van der Waals surface area contributed by atoms with Crippen molar-refractivity contribution in [2.24, 2.45) is 7.05 Å². The highest BCUT2D eigenvalue weighted by Gasteiger charge is 2.14. The number of nitrogens with one attached hydrogen (secondary N) is 1. The molecular formula is C13H17ClN4. The molecular weight excluding hydrogens is 248 g/mol. The predicted molar refractivity (Wildman–Crippen MR) is 76.5 cm³/mol. The number of nitrogens with two attached hydrogens (primary N) is 1. The van der Waals surface area contributed by atoms with Crippen molar-refractivity contribution >= 4 is 28.8 Å². The second-order valence-corrected chi connectivity index (χ2v) is 4.65. The summed E-state index contributed by atoms with van der Waals surface area (Å²) in [5.74, 6) is 0.781. The number of benzene rings is 1. The third-order valence-corrected chi connectivity index (χ3v) is 3.28. The molecule has 0 amide bonds. The van der Waals surface area contributed by atoms with Gasteiger partial charge in [0.1, 0.15) is 0 Å². The zero-order valence-corrected chi connectivity index (χ0v) is 11.5. The quantitative estimate of drug-likeness (QED) is 0.895. The Morgan fingerprint density at radius 1 is 1.44 bits per heavy atom. The Labute approximate surface area is 112 Å². The topological polar surface area (TPSA) is 55.9 Å². The van der Waals surface area contributed by atoms with Gasteiger partial charge in [-0.1, -0.05) is 30.7 Å². The number of anilines is 3. The minimum absolute atomic E-state index is 0.675. The van der Waals surface area contributed by atoms with Crippen molar-refractivity contribution in [3.8, 4) is 0 Å². The van der Waals surface area contributed by atoms with E-state index in [1.165, 1.54) is 0 Å². The molecule has 2 aromatic rings. The SMILES string of the molecule is CCc1nn(C)c(Nc2c(C)cccc2Cl)c1N. The Hall–Kier alpha value is -1.68. The van der Waals surface area contributed by atoms with Gasteiger partial charge < -0.3 is 11.1 Å². The van der Waals surface area contributed by atoms with Crippen LogP contribution in [0, 0.1) is 6.92 Å². The summed E-state index contributed by atoms with van der Waals surface area (Å²) < 4.78 is 1.75. The monoisotopic (exact) mass is 264 g/mol. The summed E-state index contributed by atoms with van der Waals surface area (Å²) in [6.07, 6.45) is 0.808. The molecule has 2 rings (SSSR count). The van der Waals surface area contributed by atoms with Gasteiger partial charge in [0.2, 0.25) is 0 Å². The van der Waals surface area contributed by atoms with Gasteiger partial charge in [-0.2, -0.15) is 5.10 Å². The maximum absolute atomic E-state index is 6.19. The Balaban J connectivity index is 2.43. The lowest BCUT2D eigenvalue weighted by molar-refractivity contribution is 0.753. The van der Waals surface area contributed by atoms with Gasteiger partial charge in [0.05, 0.1) is 22.1 Å². The Morgan fingerprint density at radius 3 is 2.72 bits per heavy atom. The minimum atomic E-state index is 0.675. The molecule has 1 aromatic heterocycles. The Kier molecular flexibility index (Phi) is 3.48. The molecule has 0 radical (unpaired) electrons. The van der Waals surface area contributed by atoms with Crippen molar-refractivity contribution in [3.05, 3.63) is 34.5 Å². The van der Waals surface area contributed by atoms with E-state index >= 15 is 0 Å². The first-order chi connectivity index (χ1) is 8.54. The molecule has 0 aliphatic heterocycles. The van der Waals surface area contributed by atoms with Gasteiger partial charge in [-0.15, -0.1) is 0 Å². The maximum Gasteiger partial charge on any atom is 0.152 e. The summed E-state index contributed by atoms with van der Waals surface area (Å²) >= 11 is 6.19. The third kappa shape index (κ3) is 2.16. The molecule has 0 aliphatic rings. The fourth-order valence-electron chi connectivity index (χ4n) is 1.91. The fourth-order valence-corrected chi connectivity index (χ4v) is 2.18. The summed E-state index contributed by atoms with van der Waals surface area (Å²) in [7, 11) is 1.87. The second kappa shape index (κ2) is 4.90. The van der Waals surface area contributed by atoms with Gasteiger partial charge in [0.15, 0.2) is 5.82 Å². The summed E-state index contributed by atoms with van der Waals surface area (Å²) in [4.78, 5) is 0. The van der Waals surface area contributed by atoms with Gasteiger partial charge in [-0.05, 0) is 25.0 Å². The summed E-state index contributed by atoms with van der Waals surface area (Å²) in [6.45, 7) is 4.03. The van der Waals surface area contributed by atoms with Gasteiger partial charge in [0, 0.05) is 7.05 Å². The van der Waals surface area contributed by atoms with Crippen LogP contribution in [0.4, 0.5) is 17.2 Å². The van der Waals surface area contributed by atoms with Crippen molar-refractivity contribution in [1.29, 1.82) is 0 Å². The van der Waals surface area contributed by atoms with E-state index in [-0.39, 0.29) is 0 Å². The molecule has 1 heterocycles. The zero-order chi connectivity index (χ0) is 13.3. The molecule has 0 bridgehead atoms. The summed E-state index contributed by atoms with van der Waals surface area (Å²) in [5.41, 5.74) is 9.59. The average Bonchev–Trinajstić information content (AvgIpc) is 2.60. The van der Waals surface area contributed by atoms with E-state index in [0.717, 1.165) is 29.2 Å². The zero-order valence-electron chi connectivity index (χ0n) is 10.8. The lowest BCUT2D eigenvalue weighted by Crippen LogP contribution is -2.03. The first-order valence-corrected chi connectivity index (χ1v) is 6.25.